The maximum atomic E-state index is 12.7. The lowest BCUT2D eigenvalue weighted by Gasteiger charge is -2.39. The van der Waals surface area contributed by atoms with Gasteiger partial charge in [-0.25, -0.2) is 0 Å². The van der Waals surface area contributed by atoms with Gasteiger partial charge in [-0.05, 0) is 44.9 Å². The van der Waals surface area contributed by atoms with Crippen LogP contribution in [0, 0.1) is 0 Å². The minimum atomic E-state index is -1.53. The Labute approximate surface area is 317 Å². The molecule has 0 aromatic rings. The molecule has 0 amide bonds. The fourth-order valence-corrected chi connectivity index (χ4v) is 6.46. The fraction of sp³-hybridized carbons (Fsp3) is 0.884. The van der Waals surface area contributed by atoms with Gasteiger partial charge in [0.1, 0.15) is 30.5 Å². The van der Waals surface area contributed by atoms with Crippen molar-refractivity contribution in [3.05, 3.63) is 24.3 Å². The quantitative estimate of drug-likeness (QED) is 0.0282. The summed E-state index contributed by atoms with van der Waals surface area (Å²) in [6.07, 6.45) is 32.1. The second kappa shape index (κ2) is 35.4. The summed E-state index contributed by atoms with van der Waals surface area (Å²) in [7, 11) is 0. The second-order valence-electron chi connectivity index (χ2n) is 14.8. The van der Waals surface area contributed by atoms with Gasteiger partial charge in [-0.2, -0.15) is 0 Å². The predicted molar refractivity (Wildman–Crippen MR) is 210 cm³/mol. The van der Waals surface area contributed by atoms with Gasteiger partial charge in [-0.1, -0.05) is 154 Å². The second-order valence-corrected chi connectivity index (χ2v) is 14.8. The van der Waals surface area contributed by atoms with Crippen LogP contribution in [0.2, 0.25) is 0 Å². The number of rotatable bonds is 36. The first-order valence-corrected chi connectivity index (χ1v) is 21.4. The summed E-state index contributed by atoms with van der Waals surface area (Å²) in [5.74, 6) is -0.317. The molecule has 6 atom stereocenters. The summed E-state index contributed by atoms with van der Waals surface area (Å²) in [4.78, 5) is 12.7. The van der Waals surface area contributed by atoms with Gasteiger partial charge in [0.25, 0.3) is 0 Å². The molecule has 1 heterocycles. The van der Waals surface area contributed by atoms with E-state index in [4.69, 9.17) is 18.9 Å². The van der Waals surface area contributed by atoms with Crippen molar-refractivity contribution in [3.8, 4) is 0 Å². The number of esters is 1. The highest BCUT2D eigenvalue weighted by Crippen LogP contribution is 2.22. The summed E-state index contributed by atoms with van der Waals surface area (Å²) in [6.45, 7) is 4.51. The summed E-state index contributed by atoms with van der Waals surface area (Å²) < 4.78 is 22.7. The van der Waals surface area contributed by atoms with Crippen molar-refractivity contribution in [2.24, 2.45) is 0 Å². The van der Waals surface area contributed by atoms with E-state index in [1.165, 1.54) is 122 Å². The Morgan fingerprint density at radius 2 is 1.12 bits per heavy atom. The fourth-order valence-electron chi connectivity index (χ4n) is 6.46. The minimum Gasteiger partial charge on any atom is -0.457 e. The molecule has 1 fully saturated rings. The third kappa shape index (κ3) is 26.4. The van der Waals surface area contributed by atoms with Crippen LogP contribution in [0.3, 0.4) is 0 Å². The number of ether oxygens (including phenoxy) is 4. The lowest BCUT2D eigenvalue weighted by Crippen LogP contribution is -2.59. The topological polar surface area (TPSA) is 135 Å². The molecule has 1 rings (SSSR count). The molecule has 9 nitrogen and oxygen atoms in total. The number of aliphatic hydroxyl groups excluding tert-OH is 4. The van der Waals surface area contributed by atoms with E-state index in [9.17, 15) is 25.2 Å². The highest BCUT2D eigenvalue weighted by molar-refractivity contribution is 5.69. The largest absolute Gasteiger partial charge is 0.457 e. The van der Waals surface area contributed by atoms with E-state index >= 15 is 0 Å². The van der Waals surface area contributed by atoms with E-state index < -0.39 is 43.4 Å². The standard InChI is InChI=1S/C43H80O9/c1-3-5-7-9-11-13-14-15-16-17-18-19-20-21-22-23-25-27-29-31-33-49-35-37(36-50-43-42(48)41(47)40(46)38(34-44)52-43)51-39(45)32-30-28-26-24-12-10-8-6-4-2/h11,13,15-16,37-38,40-44,46-48H,3-10,12,14,17-36H2,1-2H3/b13-11-,16-15-. The van der Waals surface area contributed by atoms with Crippen LogP contribution in [0.15, 0.2) is 24.3 Å². The first-order valence-electron chi connectivity index (χ1n) is 21.4. The van der Waals surface area contributed by atoms with Crippen LogP contribution in [-0.4, -0.2) is 89.6 Å². The Morgan fingerprint density at radius 1 is 0.615 bits per heavy atom. The van der Waals surface area contributed by atoms with Gasteiger partial charge >= 0.3 is 5.97 Å². The molecule has 4 N–H and O–H groups in total. The SMILES string of the molecule is CCCCC/C=C\C/C=C\CCCCCCCCCCCCOCC(COC1OC(CO)C(O)C(O)C1O)OC(=O)CCCCCCCCCCC. The number of hydrogen-bond acceptors (Lipinski definition) is 9. The molecule has 0 spiro atoms. The lowest BCUT2D eigenvalue weighted by molar-refractivity contribution is -0.305. The molecule has 9 heteroatoms. The van der Waals surface area contributed by atoms with Crippen LogP contribution < -0.4 is 0 Å². The minimum absolute atomic E-state index is 0.111. The predicted octanol–water partition coefficient (Wildman–Crippen LogP) is 9.03. The molecule has 6 unspecified atom stereocenters. The van der Waals surface area contributed by atoms with Gasteiger partial charge in [0.2, 0.25) is 0 Å². The number of unbranched alkanes of at least 4 members (excludes halogenated alkanes) is 21. The van der Waals surface area contributed by atoms with Gasteiger partial charge < -0.3 is 39.4 Å². The normalized spacial score (nSPS) is 21.4. The summed E-state index contributed by atoms with van der Waals surface area (Å²) in [6, 6.07) is 0. The van der Waals surface area contributed by atoms with Crippen molar-refractivity contribution in [1.82, 2.24) is 0 Å². The Bertz CT molecular complexity index is 848. The molecule has 1 aliphatic rings. The molecular weight excluding hydrogens is 660 g/mol. The number of hydrogen-bond donors (Lipinski definition) is 4. The van der Waals surface area contributed by atoms with E-state index in [0.717, 1.165) is 38.5 Å². The lowest BCUT2D eigenvalue weighted by atomic mass is 9.99. The molecule has 52 heavy (non-hydrogen) atoms. The molecule has 0 radical (unpaired) electrons. The van der Waals surface area contributed by atoms with Crippen LogP contribution in [0.5, 0.6) is 0 Å². The van der Waals surface area contributed by atoms with Gasteiger partial charge in [-0.3, -0.25) is 4.79 Å². The van der Waals surface area contributed by atoms with Crippen molar-refractivity contribution in [1.29, 1.82) is 0 Å². The molecule has 0 bridgehead atoms. The number of aliphatic hydroxyl groups is 4. The van der Waals surface area contributed by atoms with E-state index in [1.54, 1.807) is 0 Å². The number of allylic oxidation sites excluding steroid dienone is 4. The Morgan fingerprint density at radius 3 is 1.69 bits per heavy atom. The molecule has 0 saturated carbocycles. The third-order valence-corrected chi connectivity index (χ3v) is 9.87. The average molecular weight is 741 g/mol. The van der Waals surface area contributed by atoms with E-state index in [2.05, 4.69) is 38.2 Å². The van der Waals surface area contributed by atoms with E-state index in [-0.39, 0.29) is 19.2 Å². The zero-order valence-corrected chi connectivity index (χ0v) is 33.3. The van der Waals surface area contributed by atoms with Crippen LogP contribution in [0.25, 0.3) is 0 Å². The summed E-state index contributed by atoms with van der Waals surface area (Å²) >= 11 is 0. The maximum Gasteiger partial charge on any atom is 0.306 e. The van der Waals surface area contributed by atoms with Crippen LogP contribution in [0.1, 0.15) is 181 Å². The molecule has 1 aliphatic heterocycles. The van der Waals surface area contributed by atoms with Gasteiger partial charge in [0, 0.05) is 13.0 Å². The molecule has 0 aliphatic carbocycles. The average Bonchev–Trinajstić information content (AvgIpc) is 3.14. The zero-order valence-electron chi connectivity index (χ0n) is 33.3. The third-order valence-electron chi connectivity index (χ3n) is 9.87. The van der Waals surface area contributed by atoms with Gasteiger partial charge in [0.05, 0.1) is 19.8 Å². The molecule has 1 saturated heterocycles. The van der Waals surface area contributed by atoms with Crippen LogP contribution in [0.4, 0.5) is 0 Å². The van der Waals surface area contributed by atoms with Gasteiger partial charge in [-0.15, -0.1) is 0 Å². The Kier molecular flexibility index (Phi) is 33.1. The molecule has 0 aromatic carbocycles. The van der Waals surface area contributed by atoms with Crippen molar-refractivity contribution in [3.63, 3.8) is 0 Å². The van der Waals surface area contributed by atoms with E-state index in [1.807, 2.05) is 0 Å². The first kappa shape index (κ1) is 48.7. The molecule has 0 aromatic heterocycles. The monoisotopic (exact) mass is 741 g/mol. The van der Waals surface area contributed by atoms with E-state index in [0.29, 0.717) is 13.0 Å². The smallest absolute Gasteiger partial charge is 0.306 e. The van der Waals surface area contributed by atoms with Crippen molar-refractivity contribution >= 4 is 5.97 Å². The van der Waals surface area contributed by atoms with Gasteiger partial charge in [0.15, 0.2) is 6.29 Å². The first-order chi connectivity index (χ1) is 25.4. The highest BCUT2D eigenvalue weighted by Gasteiger charge is 2.44. The van der Waals surface area contributed by atoms with Crippen LogP contribution in [-0.2, 0) is 23.7 Å². The molecule has 306 valence electrons. The Hall–Kier alpha value is -1.33. The Balaban J connectivity index is 2.22. The summed E-state index contributed by atoms with van der Waals surface area (Å²) in [5.41, 5.74) is 0. The van der Waals surface area contributed by atoms with Crippen molar-refractivity contribution < 1.29 is 44.2 Å². The van der Waals surface area contributed by atoms with Crippen molar-refractivity contribution in [2.45, 2.75) is 218 Å². The number of carbonyl (C=O) groups excluding carboxylic acids is 1. The van der Waals surface area contributed by atoms with Crippen molar-refractivity contribution in [2.75, 3.05) is 26.4 Å². The maximum absolute atomic E-state index is 12.7. The zero-order chi connectivity index (χ0) is 37.9. The molecular formula is C43H80O9. The highest BCUT2D eigenvalue weighted by atomic mass is 16.7. The summed E-state index contributed by atoms with van der Waals surface area (Å²) in [5, 5.41) is 40.0. The number of carbonyl (C=O) groups is 1. The van der Waals surface area contributed by atoms with Crippen LogP contribution >= 0.6 is 0 Å².